The first-order chi connectivity index (χ1) is 18.9. The van der Waals surface area contributed by atoms with Crippen LogP contribution in [0.5, 0.6) is 0 Å². The molecule has 12 heteroatoms. The predicted molar refractivity (Wildman–Crippen MR) is 139 cm³/mol. The average Bonchev–Trinajstić information content (AvgIpc) is 2.92. The van der Waals surface area contributed by atoms with E-state index in [0.29, 0.717) is 0 Å². The Kier molecular flexibility index (Phi) is 13.6. The molecule has 40 heavy (non-hydrogen) atoms. The van der Waals surface area contributed by atoms with Crippen molar-refractivity contribution < 1.29 is 57.9 Å². The number of rotatable bonds is 12. The molecule has 0 heterocycles. The van der Waals surface area contributed by atoms with Gasteiger partial charge in [0.05, 0.1) is 22.3 Å². The highest BCUT2D eigenvalue weighted by Crippen LogP contribution is 2.11. The molecule has 0 saturated heterocycles. The number of carbonyl (C=O) groups excluding carboxylic acids is 4. The molecule has 0 atom stereocenters. The molecule has 0 unspecified atom stereocenters. The molecule has 0 aliphatic rings. The topological polar surface area (TPSA) is 180 Å². The lowest BCUT2D eigenvalue weighted by Crippen LogP contribution is -2.16. The van der Waals surface area contributed by atoms with Gasteiger partial charge in [0.25, 0.3) is 0 Å². The Bertz CT molecular complexity index is 1190. The molecule has 0 bridgehead atoms. The van der Waals surface area contributed by atoms with Crippen molar-refractivity contribution in [2.45, 2.75) is 13.8 Å². The molecule has 2 N–H and O–H groups in total. The molecule has 2 aromatic rings. The molecule has 0 spiro atoms. The van der Waals surface area contributed by atoms with Crippen LogP contribution in [-0.4, -0.2) is 72.5 Å². The van der Waals surface area contributed by atoms with Gasteiger partial charge in [0, 0.05) is 11.1 Å². The molecule has 0 saturated carbocycles. The zero-order chi connectivity index (χ0) is 30.2. The molecule has 0 aromatic heterocycles. The first kappa shape index (κ1) is 32.8. The zero-order valence-electron chi connectivity index (χ0n) is 21.8. The molecule has 0 aliphatic carbocycles. The minimum absolute atomic E-state index is 0.0498. The van der Waals surface area contributed by atoms with Crippen molar-refractivity contribution in [2.24, 2.45) is 0 Å². The highest BCUT2D eigenvalue weighted by Gasteiger charge is 2.18. The maximum Gasteiger partial charge on any atom is 0.339 e. The fraction of sp³-hybridized carbons (Fsp3) is 0.214. The van der Waals surface area contributed by atoms with Gasteiger partial charge in [0.1, 0.15) is 26.4 Å². The minimum atomic E-state index is -1.22. The third-order valence-corrected chi connectivity index (χ3v) is 4.55. The van der Waals surface area contributed by atoms with Crippen molar-refractivity contribution in [3.63, 3.8) is 0 Å². The van der Waals surface area contributed by atoms with Crippen molar-refractivity contribution in [2.75, 3.05) is 26.4 Å². The molecule has 2 aromatic carbocycles. The van der Waals surface area contributed by atoms with Crippen molar-refractivity contribution in [1.82, 2.24) is 0 Å². The van der Waals surface area contributed by atoms with Crippen molar-refractivity contribution in [3.05, 3.63) is 95.1 Å². The largest absolute Gasteiger partial charge is 0.478 e. The lowest BCUT2D eigenvalue weighted by atomic mass is 10.1. The van der Waals surface area contributed by atoms with Crippen LogP contribution in [0, 0.1) is 0 Å². The monoisotopic (exact) mass is 556 g/mol. The van der Waals surface area contributed by atoms with Crippen molar-refractivity contribution in [3.8, 4) is 0 Å². The van der Waals surface area contributed by atoms with E-state index in [1.807, 2.05) is 0 Å². The van der Waals surface area contributed by atoms with E-state index in [4.69, 9.17) is 29.2 Å². The fourth-order valence-electron chi connectivity index (χ4n) is 2.63. The highest BCUT2D eigenvalue weighted by molar-refractivity contribution is 6.03. The van der Waals surface area contributed by atoms with E-state index in [0.717, 1.165) is 0 Å². The fourth-order valence-corrected chi connectivity index (χ4v) is 2.63. The van der Waals surface area contributed by atoms with E-state index in [-0.39, 0.29) is 59.8 Å². The van der Waals surface area contributed by atoms with Gasteiger partial charge in [-0.1, -0.05) is 37.4 Å². The average molecular weight is 557 g/mol. The normalized spacial score (nSPS) is 9.65. The van der Waals surface area contributed by atoms with Crippen LogP contribution < -0.4 is 0 Å². The molecule has 0 amide bonds. The van der Waals surface area contributed by atoms with E-state index in [2.05, 4.69) is 13.2 Å². The first-order valence-electron chi connectivity index (χ1n) is 11.5. The summed E-state index contributed by atoms with van der Waals surface area (Å²) in [5.41, 5.74) is 0.102. The van der Waals surface area contributed by atoms with E-state index >= 15 is 0 Å². The Labute approximate surface area is 229 Å². The number of carboxylic acid groups (broad SMARTS) is 2. The van der Waals surface area contributed by atoms with Gasteiger partial charge in [0.15, 0.2) is 0 Å². The smallest absolute Gasteiger partial charge is 0.339 e. The van der Waals surface area contributed by atoms with Gasteiger partial charge in [-0.25, -0.2) is 28.8 Å². The summed E-state index contributed by atoms with van der Waals surface area (Å²) >= 11 is 0. The molecular formula is C28H28O12. The standard InChI is InChI=1S/2C14H14O6/c2*1-9(2)13(17)19-7-8-20-14(18)11-6-4-3-5-10(11)12(15)16/h2*3-6H,1,7-8H2,2H3,(H,15,16). The lowest BCUT2D eigenvalue weighted by Gasteiger charge is -2.07. The Hall–Kier alpha value is -5.26. The summed E-state index contributed by atoms with van der Waals surface area (Å²) in [6, 6.07) is 11.4. The van der Waals surface area contributed by atoms with Gasteiger partial charge in [-0.2, -0.15) is 0 Å². The quantitative estimate of drug-likeness (QED) is 0.169. The summed E-state index contributed by atoms with van der Waals surface area (Å²) in [4.78, 5) is 67.4. The summed E-state index contributed by atoms with van der Waals surface area (Å²) in [5, 5.41) is 17.9. The van der Waals surface area contributed by atoms with Crippen molar-refractivity contribution >= 4 is 35.8 Å². The predicted octanol–water partition coefficient (Wildman–Crippen LogP) is 3.32. The molecule has 2 rings (SSSR count). The second kappa shape index (κ2) is 16.6. The van der Waals surface area contributed by atoms with Crippen LogP contribution in [0.25, 0.3) is 0 Å². The van der Waals surface area contributed by atoms with Gasteiger partial charge < -0.3 is 29.2 Å². The molecule has 212 valence electrons. The van der Waals surface area contributed by atoms with Crippen LogP contribution in [0.15, 0.2) is 72.8 Å². The van der Waals surface area contributed by atoms with E-state index in [9.17, 15) is 28.8 Å². The van der Waals surface area contributed by atoms with Gasteiger partial charge >= 0.3 is 35.8 Å². The van der Waals surface area contributed by atoms with Crippen molar-refractivity contribution in [1.29, 1.82) is 0 Å². The molecule has 0 fully saturated rings. The number of benzene rings is 2. The zero-order valence-corrected chi connectivity index (χ0v) is 21.8. The van der Waals surface area contributed by atoms with Gasteiger partial charge in [-0.3, -0.25) is 0 Å². The number of carbonyl (C=O) groups is 6. The highest BCUT2D eigenvalue weighted by atomic mass is 16.6. The summed E-state index contributed by atoms with van der Waals surface area (Å²) in [7, 11) is 0. The first-order valence-corrected chi connectivity index (χ1v) is 11.5. The number of hydrogen-bond donors (Lipinski definition) is 2. The van der Waals surface area contributed by atoms with Crippen LogP contribution in [0.1, 0.15) is 55.3 Å². The number of aromatic carboxylic acids is 2. The van der Waals surface area contributed by atoms with Gasteiger partial charge in [0.2, 0.25) is 0 Å². The third-order valence-electron chi connectivity index (χ3n) is 4.55. The van der Waals surface area contributed by atoms with Crippen LogP contribution >= 0.6 is 0 Å². The minimum Gasteiger partial charge on any atom is -0.478 e. The second-order valence-electron chi connectivity index (χ2n) is 7.81. The van der Waals surface area contributed by atoms with Crippen LogP contribution in [0.4, 0.5) is 0 Å². The SMILES string of the molecule is C=C(C)C(=O)OCCOC(=O)c1ccccc1C(=O)O.C=C(C)C(=O)OCCOC(=O)c1ccccc1C(=O)O. The van der Waals surface area contributed by atoms with Crippen LogP contribution in [0.3, 0.4) is 0 Å². The number of carboxylic acids is 2. The van der Waals surface area contributed by atoms with Gasteiger partial charge in [-0.05, 0) is 38.1 Å². The van der Waals surface area contributed by atoms with Crippen LogP contribution in [0.2, 0.25) is 0 Å². The summed E-state index contributed by atoms with van der Waals surface area (Å²) in [5.74, 6) is -5.15. The second-order valence-corrected chi connectivity index (χ2v) is 7.81. The molecule has 12 nitrogen and oxygen atoms in total. The Balaban J connectivity index is 0.000000400. The van der Waals surface area contributed by atoms with E-state index < -0.39 is 35.8 Å². The third kappa shape index (κ3) is 11.0. The lowest BCUT2D eigenvalue weighted by molar-refractivity contribution is -0.140. The number of esters is 4. The summed E-state index contributed by atoms with van der Waals surface area (Å²) in [6.45, 7) is 9.24. The van der Waals surface area contributed by atoms with E-state index in [1.165, 1.54) is 62.4 Å². The Morgan fingerprint density at radius 1 is 0.550 bits per heavy atom. The molecular weight excluding hydrogens is 528 g/mol. The van der Waals surface area contributed by atoms with Gasteiger partial charge in [-0.15, -0.1) is 0 Å². The number of ether oxygens (including phenoxy) is 4. The summed E-state index contributed by atoms with van der Waals surface area (Å²) < 4.78 is 19.2. The van der Waals surface area contributed by atoms with Crippen LogP contribution in [-0.2, 0) is 28.5 Å². The Morgan fingerprint density at radius 2 is 0.825 bits per heavy atom. The Morgan fingerprint density at radius 3 is 1.10 bits per heavy atom. The molecule has 0 aliphatic heterocycles. The molecule has 0 radical (unpaired) electrons. The maximum atomic E-state index is 11.7. The number of hydrogen-bond acceptors (Lipinski definition) is 10. The summed E-state index contributed by atoms with van der Waals surface area (Å²) in [6.07, 6.45) is 0. The van der Waals surface area contributed by atoms with E-state index in [1.54, 1.807) is 0 Å². The maximum absolute atomic E-state index is 11.7.